The van der Waals surface area contributed by atoms with E-state index < -0.39 is 12.0 Å². The summed E-state index contributed by atoms with van der Waals surface area (Å²) in [5.74, 6) is -0.444. The van der Waals surface area contributed by atoms with Gasteiger partial charge in [-0.3, -0.25) is 10.1 Å². The number of thiocarbonyl (C=S) groups is 1. The first-order chi connectivity index (χ1) is 10.1. The molecule has 1 aliphatic carbocycles. The summed E-state index contributed by atoms with van der Waals surface area (Å²) >= 11 is 5.14. The number of hydrogen-bond donors (Lipinski definition) is 1. The minimum absolute atomic E-state index is 0.0133. The molecule has 0 saturated heterocycles. The minimum atomic E-state index is -0.601. The van der Waals surface area contributed by atoms with E-state index in [1.807, 2.05) is 36.4 Å². The topological polar surface area (TPSA) is 55.4 Å². The number of alkyl carbamates (subject to hydrolysis) is 1. The summed E-state index contributed by atoms with van der Waals surface area (Å²) in [5, 5.41) is 2.46. The number of ether oxygens (including phenoxy) is 1. The van der Waals surface area contributed by atoms with Crippen LogP contribution in [0.3, 0.4) is 0 Å². The third-order valence-electron chi connectivity index (χ3n) is 3.29. The summed E-state index contributed by atoms with van der Waals surface area (Å²) in [6, 6.07) is 9.68. The molecule has 0 radical (unpaired) electrons. The Kier molecular flexibility index (Phi) is 5.22. The lowest BCUT2D eigenvalue weighted by molar-refractivity contribution is -0.116. The molecule has 1 atom stereocenters. The molecule has 1 aromatic rings. The van der Waals surface area contributed by atoms with Crippen molar-refractivity contribution in [2.45, 2.75) is 19.8 Å². The van der Waals surface area contributed by atoms with Gasteiger partial charge in [-0.2, -0.15) is 0 Å². The number of benzene rings is 1. The average Bonchev–Trinajstić information content (AvgIpc) is 2.81. The number of carbonyl (C=O) groups is 2. The van der Waals surface area contributed by atoms with E-state index in [0.717, 1.165) is 11.1 Å². The Morgan fingerprint density at radius 2 is 2.14 bits per heavy atom. The number of amides is 1. The molecule has 4 nitrogen and oxygen atoms in total. The summed E-state index contributed by atoms with van der Waals surface area (Å²) < 4.78 is 4.77. The number of hydrogen-bond acceptors (Lipinski definition) is 4. The lowest BCUT2D eigenvalue weighted by Crippen LogP contribution is -2.36. The molecular weight excluding hydrogens is 286 g/mol. The predicted molar refractivity (Wildman–Crippen MR) is 84.9 cm³/mol. The van der Waals surface area contributed by atoms with Crippen LogP contribution < -0.4 is 5.32 Å². The van der Waals surface area contributed by atoms with Crippen molar-refractivity contribution in [2.24, 2.45) is 5.92 Å². The van der Waals surface area contributed by atoms with Gasteiger partial charge >= 0.3 is 6.09 Å². The molecule has 21 heavy (non-hydrogen) atoms. The highest BCUT2D eigenvalue weighted by atomic mass is 32.1. The first-order valence-electron chi connectivity index (χ1n) is 6.89. The normalized spacial score (nSPS) is 19.6. The largest absolute Gasteiger partial charge is 0.450 e. The standard InChI is InChI=1S/C16H17NO3S/c1-2-20-16(19)17-15(21)13-9-8-12(14(13)18)10-11-6-4-3-5-7-11/h3-7,10,13H,2,8-9H2,1H3,(H,17,19,21)/b12-10-/t13-/m1/s1. The number of ketones is 1. The van der Waals surface area contributed by atoms with Gasteiger partial charge in [0.25, 0.3) is 0 Å². The van der Waals surface area contributed by atoms with Crippen molar-refractivity contribution in [1.29, 1.82) is 0 Å². The van der Waals surface area contributed by atoms with E-state index in [2.05, 4.69) is 5.32 Å². The number of Topliss-reactive ketones (excluding diaryl/α,β-unsaturated/α-hetero) is 1. The van der Waals surface area contributed by atoms with Crippen LogP contribution in [0.4, 0.5) is 4.79 Å². The highest BCUT2D eigenvalue weighted by Gasteiger charge is 2.33. The van der Waals surface area contributed by atoms with Crippen molar-refractivity contribution < 1.29 is 14.3 Å². The minimum Gasteiger partial charge on any atom is -0.450 e. The third-order valence-corrected chi connectivity index (χ3v) is 3.68. The Morgan fingerprint density at radius 3 is 2.81 bits per heavy atom. The molecule has 0 heterocycles. The van der Waals surface area contributed by atoms with Gasteiger partial charge in [0.15, 0.2) is 5.78 Å². The van der Waals surface area contributed by atoms with E-state index >= 15 is 0 Å². The molecule has 1 saturated carbocycles. The Labute approximate surface area is 129 Å². The summed E-state index contributed by atoms with van der Waals surface area (Å²) in [7, 11) is 0. The Morgan fingerprint density at radius 1 is 1.43 bits per heavy atom. The van der Waals surface area contributed by atoms with E-state index in [4.69, 9.17) is 17.0 Å². The molecule has 1 aliphatic rings. The molecule has 0 aromatic heterocycles. The third kappa shape index (κ3) is 3.98. The van der Waals surface area contributed by atoms with E-state index in [0.29, 0.717) is 12.8 Å². The van der Waals surface area contributed by atoms with Crippen LogP contribution in [-0.2, 0) is 9.53 Å². The fourth-order valence-electron chi connectivity index (χ4n) is 2.28. The predicted octanol–water partition coefficient (Wildman–Crippen LogP) is 3.12. The lowest BCUT2D eigenvalue weighted by atomic mass is 10.0. The number of allylic oxidation sites excluding steroid dienone is 1. The van der Waals surface area contributed by atoms with E-state index in [1.54, 1.807) is 6.92 Å². The molecule has 0 aliphatic heterocycles. The first kappa shape index (κ1) is 15.4. The summed E-state index contributed by atoms with van der Waals surface area (Å²) in [6.07, 6.45) is 2.58. The van der Waals surface area contributed by atoms with Crippen LogP contribution in [0.2, 0.25) is 0 Å². The van der Waals surface area contributed by atoms with Crippen molar-refractivity contribution >= 4 is 35.2 Å². The fraction of sp³-hybridized carbons (Fsp3) is 0.312. The SMILES string of the molecule is CCOC(=O)NC(=S)[C@@H]1CC/C(=C/c2ccccc2)C1=O. The van der Waals surface area contributed by atoms with Crippen molar-refractivity contribution in [3.8, 4) is 0 Å². The second kappa shape index (κ2) is 7.13. The Balaban J connectivity index is 2.03. The van der Waals surface area contributed by atoms with Gasteiger partial charge in [0, 0.05) is 0 Å². The molecule has 1 aromatic carbocycles. The zero-order chi connectivity index (χ0) is 15.2. The van der Waals surface area contributed by atoms with Gasteiger partial charge in [-0.25, -0.2) is 4.79 Å². The highest BCUT2D eigenvalue weighted by molar-refractivity contribution is 7.80. The summed E-state index contributed by atoms with van der Waals surface area (Å²) in [5.41, 5.74) is 1.74. The molecule has 2 rings (SSSR count). The van der Waals surface area contributed by atoms with Crippen molar-refractivity contribution in [1.82, 2.24) is 5.32 Å². The van der Waals surface area contributed by atoms with E-state index in [-0.39, 0.29) is 17.4 Å². The van der Waals surface area contributed by atoms with Gasteiger partial charge in [-0.1, -0.05) is 42.5 Å². The number of carbonyl (C=O) groups excluding carboxylic acids is 2. The highest BCUT2D eigenvalue weighted by Crippen LogP contribution is 2.29. The molecule has 0 spiro atoms. The molecule has 1 N–H and O–H groups in total. The van der Waals surface area contributed by atoms with Crippen LogP contribution in [0, 0.1) is 5.92 Å². The van der Waals surface area contributed by atoms with Crippen LogP contribution in [0.25, 0.3) is 6.08 Å². The van der Waals surface area contributed by atoms with E-state index in [9.17, 15) is 9.59 Å². The van der Waals surface area contributed by atoms with E-state index in [1.165, 1.54) is 0 Å². The molecule has 0 bridgehead atoms. The van der Waals surface area contributed by atoms with Crippen LogP contribution in [0.1, 0.15) is 25.3 Å². The van der Waals surface area contributed by atoms with Crippen LogP contribution in [0.15, 0.2) is 35.9 Å². The van der Waals surface area contributed by atoms with Gasteiger partial charge in [-0.15, -0.1) is 0 Å². The molecule has 1 fully saturated rings. The monoisotopic (exact) mass is 303 g/mol. The van der Waals surface area contributed by atoms with Gasteiger partial charge in [0.1, 0.15) is 0 Å². The summed E-state index contributed by atoms with van der Waals surface area (Å²) in [4.78, 5) is 23.9. The molecule has 1 amide bonds. The second-order valence-electron chi connectivity index (χ2n) is 4.75. The van der Waals surface area contributed by atoms with Crippen molar-refractivity contribution in [3.63, 3.8) is 0 Å². The van der Waals surface area contributed by atoms with Crippen LogP contribution >= 0.6 is 12.2 Å². The Hall–Kier alpha value is -2.01. The van der Waals surface area contributed by atoms with Crippen LogP contribution in [0.5, 0.6) is 0 Å². The molecule has 0 unspecified atom stereocenters. The van der Waals surface area contributed by atoms with Gasteiger partial charge in [0.05, 0.1) is 17.5 Å². The van der Waals surface area contributed by atoms with Gasteiger partial charge < -0.3 is 4.74 Å². The quantitative estimate of drug-likeness (QED) is 0.688. The average molecular weight is 303 g/mol. The van der Waals surface area contributed by atoms with Gasteiger partial charge in [0.2, 0.25) is 0 Å². The zero-order valence-corrected chi connectivity index (χ0v) is 12.6. The lowest BCUT2D eigenvalue weighted by Gasteiger charge is -2.10. The maximum absolute atomic E-state index is 12.3. The Bertz CT molecular complexity index is 580. The maximum atomic E-state index is 12.3. The smallest absolute Gasteiger partial charge is 0.412 e. The number of nitrogens with one attached hydrogen (secondary N) is 1. The number of rotatable bonds is 3. The second-order valence-corrected chi connectivity index (χ2v) is 5.19. The molecule has 110 valence electrons. The van der Waals surface area contributed by atoms with Crippen LogP contribution in [-0.4, -0.2) is 23.5 Å². The molecule has 5 heteroatoms. The first-order valence-corrected chi connectivity index (χ1v) is 7.30. The maximum Gasteiger partial charge on any atom is 0.412 e. The fourth-order valence-corrected chi connectivity index (χ4v) is 2.58. The van der Waals surface area contributed by atoms with Crippen molar-refractivity contribution in [3.05, 3.63) is 41.5 Å². The van der Waals surface area contributed by atoms with Gasteiger partial charge in [-0.05, 0) is 37.0 Å². The zero-order valence-electron chi connectivity index (χ0n) is 11.8. The molecular formula is C16H17NO3S. The van der Waals surface area contributed by atoms with Crippen molar-refractivity contribution in [2.75, 3.05) is 6.61 Å². The summed E-state index contributed by atoms with van der Waals surface area (Å²) in [6.45, 7) is 1.98.